The lowest BCUT2D eigenvalue weighted by molar-refractivity contribution is -0.133. The van der Waals surface area contributed by atoms with Gasteiger partial charge in [-0.15, -0.1) is 10.2 Å². The largest absolute Gasteiger partial charge is 0.490 e. The van der Waals surface area contributed by atoms with Crippen LogP contribution in [0.25, 0.3) is 11.4 Å². The Morgan fingerprint density at radius 3 is 2.44 bits per heavy atom. The number of hydrogen-bond donors (Lipinski definition) is 0. The van der Waals surface area contributed by atoms with Crippen LogP contribution in [0.4, 0.5) is 0 Å². The minimum atomic E-state index is -3.72. The molecule has 0 radical (unpaired) electrons. The molecule has 0 atom stereocenters. The Bertz CT molecular complexity index is 1270. The lowest BCUT2D eigenvalue weighted by Gasteiger charge is -2.34. The van der Waals surface area contributed by atoms with Crippen molar-refractivity contribution in [1.82, 2.24) is 29.4 Å². The highest BCUT2D eigenvalue weighted by Crippen LogP contribution is 2.33. The van der Waals surface area contributed by atoms with Crippen LogP contribution in [-0.2, 0) is 21.4 Å². The number of carbonyl (C=O) groups excluding carboxylic acids is 1. The van der Waals surface area contributed by atoms with Crippen LogP contribution in [0.1, 0.15) is 6.42 Å². The highest BCUT2D eigenvalue weighted by molar-refractivity contribution is 7.89. The van der Waals surface area contributed by atoms with Crippen LogP contribution in [-0.4, -0.2) is 83.1 Å². The SMILES string of the molecule is O=C(Cn1nnc(-c2ccccc2)n1)N1CCN(S(=O)(=O)c2ccc3c(c2)OCCCO3)CC1. The quantitative estimate of drug-likeness (QED) is 0.527. The van der Waals surface area contributed by atoms with Crippen LogP contribution in [0.3, 0.4) is 0 Å². The molecule has 0 N–H and O–H groups in total. The van der Waals surface area contributed by atoms with E-state index >= 15 is 0 Å². The van der Waals surface area contributed by atoms with Gasteiger partial charge in [0.1, 0.15) is 6.54 Å². The number of amides is 1. The molecule has 1 saturated heterocycles. The van der Waals surface area contributed by atoms with Gasteiger partial charge in [-0.3, -0.25) is 4.79 Å². The Morgan fingerprint density at radius 1 is 0.941 bits per heavy atom. The van der Waals surface area contributed by atoms with Gasteiger partial charge in [-0.05, 0) is 17.3 Å². The minimum absolute atomic E-state index is 0.0608. The zero-order chi connectivity index (χ0) is 23.5. The van der Waals surface area contributed by atoms with E-state index in [1.807, 2.05) is 30.3 Å². The molecule has 3 heterocycles. The molecule has 2 aliphatic heterocycles. The van der Waals surface area contributed by atoms with E-state index in [2.05, 4.69) is 15.4 Å². The fourth-order valence-corrected chi connectivity index (χ4v) is 5.30. The first kappa shape index (κ1) is 22.3. The summed E-state index contributed by atoms with van der Waals surface area (Å²) in [7, 11) is -3.72. The molecule has 34 heavy (non-hydrogen) atoms. The van der Waals surface area contributed by atoms with Crippen LogP contribution in [0, 0.1) is 0 Å². The summed E-state index contributed by atoms with van der Waals surface area (Å²) < 4.78 is 38.9. The van der Waals surface area contributed by atoms with Gasteiger partial charge >= 0.3 is 0 Å². The second kappa shape index (κ2) is 9.39. The minimum Gasteiger partial charge on any atom is -0.490 e. The number of carbonyl (C=O) groups is 1. The Labute approximate surface area is 196 Å². The third kappa shape index (κ3) is 4.59. The number of sulfonamides is 1. The zero-order valence-electron chi connectivity index (χ0n) is 18.4. The molecular formula is C22H24N6O5S. The van der Waals surface area contributed by atoms with Crippen LogP contribution in [0.5, 0.6) is 11.5 Å². The average molecular weight is 485 g/mol. The number of rotatable bonds is 5. The first-order valence-corrected chi connectivity index (χ1v) is 12.5. The van der Waals surface area contributed by atoms with E-state index in [4.69, 9.17) is 9.47 Å². The molecule has 1 amide bonds. The molecule has 0 unspecified atom stereocenters. The van der Waals surface area contributed by atoms with E-state index < -0.39 is 10.0 Å². The van der Waals surface area contributed by atoms with E-state index in [-0.39, 0.29) is 43.5 Å². The topological polar surface area (TPSA) is 120 Å². The smallest absolute Gasteiger partial charge is 0.246 e. The summed E-state index contributed by atoms with van der Waals surface area (Å²) in [6.07, 6.45) is 0.741. The molecule has 0 spiro atoms. The third-order valence-electron chi connectivity index (χ3n) is 5.71. The van der Waals surface area contributed by atoms with Crippen LogP contribution >= 0.6 is 0 Å². The van der Waals surface area contributed by atoms with Crippen molar-refractivity contribution >= 4 is 15.9 Å². The van der Waals surface area contributed by atoms with Crippen molar-refractivity contribution in [2.75, 3.05) is 39.4 Å². The maximum Gasteiger partial charge on any atom is 0.246 e. The molecule has 0 saturated carbocycles. The van der Waals surface area contributed by atoms with Crippen molar-refractivity contribution in [2.24, 2.45) is 0 Å². The molecule has 12 heteroatoms. The second-order valence-corrected chi connectivity index (χ2v) is 9.89. The zero-order valence-corrected chi connectivity index (χ0v) is 19.2. The molecule has 2 aromatic carbocycles. The monoisotopic (exact) mass is 484 g/mol. The first-order valence-electron chi connectivity index (χ1n) is 11.0. The summed E-state index contributed by atoms with van der Waals surface area (Å²) in [5.41, 5.74) is 0.815. The second-order valence-electron chi connectivity index (χ2n) is 7.95. The number of fused-ring (bicyclic) bond motifs is 1. The van der Waals surface area contributed by atoms with Crippen molar-refractivity contribution in [3.05, 3.63) is 48.5 Å². The number of aromatic nitrogens is 4. The van der Waals surface area contributed by atoms with Crippen molar-refractivity contribution in [1.29, 1.82) is 0 Å². The van der Waals surface area contributed by atoms with Crippen LogP contribution < -0.4 is 9.47 Å². The summed E-state index contributed by atoms with van der Waals surface area (Å²) in [6.45, 7) is 1.91. The first-order chi connectivity index (χ1) is 16.5. The van der Waals surface area contributed by atoms with E-state index in [1.54, 1.807) is 11.0 Å². The molecule has 11 nitrogen and oxygen atoms in total. The number of benzene rings is 2. The number of tetrazole rings is 1. The molecular weight excluding hydrogens is 460 g/mol. The number of piperazine rings is 1. The number of ether oxygens (including phenoxy) is 2. The van der Waals surface area contributed by atoms with E-state index in [1.165, 1.54) is 21.2 Å². The Morgan fingerprint density at radius 2 is 1.68 bits per heavy atom. The van der Waals surface area contributed by atoms with Crippen LogP contribution in [0.2, 0.25) is 0 Å². The van der Waals surface area contributed by atoms with Gasteiger partial charge in [0, 0.05) is 44.2 Å². The highest BCUT2D eigenvalue weighted by atomic mass is 32.2. The summed E-state index contributed by atoms with van der Waals surface area (Å²) in [4.78, 5) is 15.8. The van der Waals surface area contributed by atoms with Gasteiger partial charge in [-0.25, -0.2) is 8.42 Å². The molecule has 2 aliphatic rings. The Balaban J connectivity index is 1.20. The van der Waals surface area contributed by atoms with E-state index in [9.17, 15) is 13.2 Å². The predicted octanol–water partition coefficient (Wildman–Crippen LogP) is 1.03. The van der Waals surface area contributed by atoms with Gasteiger partial charge in [-0.1, -0.05) is 30.3 Å². The molecule has 5 rings (SSSR count). The van der Waals surface area contributed by atoms with Crippen LogP contribution in [0.15, 0.2) is 53.4 Å². The molecule has 0 aliphatic carbocycles. The lowest BCUT2D eigenvalue weighted by atomic mass is 10.2. The molecule has 1 fully saturated rings. The van der Waals surface area contributed by atoms with Crippen molar-refractivity contribution in [2.45, 2.75) is 17.9 Å². The molecule has 3 aromatic rings. The normalized spacial score (nSPS) is 16.8. The fraction of sp³-hybridized carbons (Fsp3) is 0.364. The maximum atomic E-state index is 13.2. The summed E-state index contributed by atoms with van der Waals surface area (Å²) >= 11 is 0. The van der Waals surface area contributed by atoms with Gasteiger partial charge in [-0.2, -0.15) is 9.10 Å². The Kier molecular flexibility index (Phi) is 6.16. The fourth-order valence-electron chi connectivity index (χ4n) is 3.86. The summed E-state index contributed by atoms with van der Waals surface area (Å²) in [6, 6.07) is 14.0. The standard InChI is InChI=1S/C22H24N6O5S/c29-21(16-28-24-22(23-25-28)17-5-2-1-3-6-17)26-9-11-27(12-10-26)34(30,31)18-7-8-19-20(15-18)33-14-4-13-32-19/h1-3,5-8,15H,4,9-14,16H2. The predicted molar refractivity (Wildman–Crippen MR) is 121 cm³/mol. The third-order valence-corrected chi connectivity index (χ3v) is 7.60. The molecule has 1 aromatic heterocycles. The average Bonchev–Trinajstić information content (AvgIpc) is 3.20. The molecule has 178 valence electrons. The summed E-state index contributed by atoms with van der Waals surface area (Å²) in [5, 5.41) is 12.2. The van der Waals surface area contributed by atoms with Gasteiger partial charge in [0.05, 0.1) is 18.1 Å². The number of hydrogen-bond acceptors (Lipinski definition) is 8. The van der Waals surface area contributed by atoms with Crippen molar-refractivity contribution in [3.8, 4) is 22.9 Å². The van der Waals surface area contributed by atoms with Gasteiger partial charge in [0.15, 0.2) is 11.5 Å². The van der Waals surface area contributed by atoms with Gasteiger partial charge in [0.25, 0.3) is 0 Å². The van der Waals surface area contributed by atoms with E-state index in [0.717, 1.165) is 12.0 Å². The molecule has 0 bridgehead atoms. The lowest BCUT2D eigenvalue weighted by Crippen LogP contribution is -2.51. The Hall–Kier alpha value is -3.51. The maximum absolute atomic E-state index is 13.2. The number of nitrogens with zero attached hydrogens (tertiary/aromatic N) is 6. The summed E-state index contributed by atoms with van der Waals surface area (Å²) in [5.74, 6) is 1.23. The highest BCUT2D eigenvalue weighted by Gasteiger charge is 2.31. The van der Waals surface area contributed by atoms with Gasteiger partial charge < -0.3 is 14.4 Å². The van der Waals surface area contributed by atoms with E-state index in [0.29, 0.717) is 30.5 Å². The van der Waals surface area contributed by atoms with Gasteiger partial charge in [0.2, 0.25) is 21.8 Å². The van der Waals surface area contributed by atoms with Crippen molar-refractivity contribution < 1.29 is 22.7 Å². The van der Waals surface area contributed by atoms with Crippen molar-refractivity contribution in [3.63, 3.8) is 0 Å².